The number of hydrogen-bond acceptors (Lipinski definition) is 4. The quantitative estimate of drug-likeness (QED) is 0.627. The second-order valence-electron chi connectivity index (χ2n) is 6.53. The van der Waals surface area contributed by atoms with Gasteiger partial charge in [0.25, 0.3) is 0 Å². The van der Waals surface area contributed by atoms with E-state index in [2.05, 4.69) is 15.5 Å². The fraction of sp³-hybridized carbons (Fsp3) is 0.250. The highest BCUT2D eigenvalue weighted by Crippen LogP contribution is 2.31. The Balaban J connectivity index is 2.06. The van der Waals surface area contributed by atoms with Gasteiger partial charge in [0, 0.05) is 17.7 Å². The Morgan fingerprint density at radius 1 is 1.07 bits per heavy atom. The van der Waals surface area contributed by atoms with Gasteiger partial charge in [0.1, 0.15) is 11.6 Å². The lowest BCUT2D eigenvalue weighted by Gasteiger charge is -2.15. The third-order valence-electron chi connectivity index (χ3n) is 3.90. The highest BCUT2D eigenvalue weighted by atomic mass is 32.2. The SMILES string of the molecule is CC(C)NC(=O)C(C)Sc1nnc(-c2ccccc2)n1-c1ccc(F)cc1F. The molecule has 1 unspecified atom stereocenters. The number of nitrogens with zero attached hydrogens (tertiary/aromatic N) is 3. The van der Waals surface area contributed by atoms with Crippen LogP contribution in [0, 0.1) is 11.6 Å². The van der Waals surface area contributed by atoms with Crippen LogP contribution in [0.4, 0.5) is 8.78 Å². The highest BCUT2D eigenvalue weighted by molar-refractivity contribution is 8.00. The van der Waals surface area contributed by atoms with Gasteiger partial charge >= 0.3 is 0 Å². The van der Waals surface area contributed by atoms with E-state index in [0.29, 0.717) is 11.0 Å². The standard InChI is InChI=1S/C20H20F2N4OS/c1-12(2)23-19(27)13(3)28-20-25-24-18(14-7-5-4-6-8-14)26(20)17-10-9-15(21)11-16(17)22/h4-13H,1-3H3,(H,23,27). The number of amides is 1. The molecule has 1 atom stereocenters. The highest BCUT2D eigenvalue weighted by Gasteiger charge is 2.23. The van der Waals surface area contributed by atoms with E-state index in [4.69, 9.17) is 0 Å². The van der Waals surface area contributed by atoms with Crippen molar-refractivity contribution in [1.82, 2.24) is 20.1 Å². The van der Waals surface area contributed by atoms with Gasteiger partial charge in [-0.05, 0) is 32.9 Å². The van der Waals surface area contributed by atoms with Crippen LogP contribution < -0.4 is 5.32 Å². The summed E-state index contributed by atoms with van der Waals surface area (Å²) >= 11 is 1.16. The molecule has 0 saturated carbocycles. The fourth-order valence-electron chi connectivity index (χ4n) is 2.61. The average molecular weight is 402 g/mol. The Hall–Kier alpha value is -2.74. The van der Waals surface area contributed by atoms with Crippen molar-refractivity contribution < 1.29 is 13.6 Å². The van der Waals surface area contributed by atoms with E-state index in [0.717, 1.165) is 23.4 Å². The molecule has 1 aromatic heterocycles. The third kappa shape index (κ3) is 4.39. The molecular formula is C20H20F2N4OS. The van der Waals surface area contributed by atoms with Crippen LogP contribution in [-0.4, -0.2) is 32.0 Å². The van der Waals surface area contributed by atoms with Crippen molar-refractivity contribution in [1.29, 1.82) is 0 Å². The normalized spacial score (nSPS) is 12.2. The van der Waals surface area contributed by atoms with Crippen molar-refractivity contribution in [3.63, 3.8) is 0 Å². The summed E-state index contributed by atoms with van der Waals surface area (Å²) in [7, 11) is 0. The maximum absolute atomic E-state index is 14.6. The molecule has 3 rings (SSSR count). The summed E-state index contributed by atoms with van der Waals surface area (Å²) in [6.45, 7) is 5.49. The first-order valence-corrected chi connectivity index (χ1v) is 9.68. The monoisotopic (exact) mass is 402 g/mol. The number of benzene rings is 2. The van der Waals surface area contributed by atoms with Crippen LogP contribution in [-0.2, 0) is 4.79 Å². The lowest BCUT2D eigenvalue weighted by atomic mass is 10.2. The number of aromatic nitrogens is 3. The van der Waals surface area contributed by atoms with E-state index in [1.54, 1.807) is 6.92 Å². The molecule has 0 spiro atoms. The lowest BCUT2D eigenvalue weighted by Crippen LogP contribution is -2.36. The molecule has 3 aromatic rings. The molecule has 2 aromatic carbocycles. The molecule has 0 fully saturated rings. The molecule has 5 nitrogen and oxygen atoms in total. The zero-order valence-corrected chi connectivity index (χ0v) is 16.5. The number of carbonyl (C=O) groups is 1. The predicted molar refractivity (Wildman–Crippen MR) is 105 cm³/mol. The van der Waals surface area contributed by atoms with Crippen LogP contribution in [0.1, 0.15) is 20.8 Å². The van der Waals surface area contributed by atoms with Crippen LogP contribution in [0.25, 0.3) is 17.1 Å². The van der Waals surface area contributed by atoms with Crippen molar-refractivity contribution in [3.05, 3.63) is 60.2 Å². The molecule has 146 valence electrons. The maximum atomic E-state index is 14.6. The van der Waals surface area contributed by atoms with E-state index < -0.39 is 16.9 Å². The predicted octanol–water partition coefficient (Wildman–Crippen LogP) is 4.22. The van der Waals surface area contributed by atoms with Crippen LogP contribution in [0.15, 0.2) is 53.7 Å². The molecule has 0 aliphatic heterocycles. The van der Waals surface area contributed by atoms with Crippen LogP contribution in [0.3, 0.4) is 0 Å². The summed E-state index contributed by atoms with van der Waals surface area (Å²) in [5.41, 5.74) is 0.842. The van der Waals surface area contributed by atoms with Crippen molar-refractivity contribution >= 4 is 17.7 Å². The van der Waals surface area contributed by atoms with Crippen molar-refractivity contribution in [2.75, 3.05) is 0 Å². The minimum atomic E-state index is -0.738. The molecule has 0 aliphatic rings. The second-order valence-corrected chi connectivity index (χ2v) is 7.83. The molecule has 0 radical (unpaired) electrons. The Morgan fingerprint density at radius 2 is 1.79 bits per heavy atom. The minimum Gasteiger partial charge on any atom is -0.353 e. The summed E-state index contributed by atoms with van der Waals surface area (Å²) in [4.78, 5) is 12.3. The first-order valence-electron chi connectivity index (χ1n) is 8.80. The zero-order valence-electron chi connectivity index (χ0n) is 15.7. The van der Waals surface area contributed by atoms with E-state index in [-0.39, 0.29) is 17.6 Å². The fourth-order valence-corrected chi connectivity index (χ4v) is 3.48. The van der Waals surface area contributed by atoms with Gasteiger partial charge in [0.2, 0.25) is 5.91 Å². The van der Waals surface area contributed by atoms with Gasteiger partial charge in [-0.15, -0.1) is 10.2 Å². The Kier molecular flexibility index (Phi) is 6.08. The molecule has 28 heavy (non-hydrogen) atoms. The van der Waals surface area contributed by atoms with Gasteiger partial charge in [-0.2, -0.15) is 0 Å². The van der Waals surface area contributed by atoms with Gasteiger partial charge in [-0.25, -0.2) is 8.78 Å². The molecule has 1 N–H and O–H groups in total. The number of hydrogen-bond donors (Lipinski definition) is 1. The zero-order chi connectivity index (χ0) is 20.3. The van der Waals surface area contributed by atoms with Gasteiger partial charge in [0.05, 0.1) is 10.9 Å². The molecular weight excluding hydrogens is 382 g/mol. The van der Waals surface area contributed by atoms with Gasteiger partial charge < -0.3 is 5.32 Å². The molecule has 1 heterocycles. The van der Waals surface area contributed by atoms with Crippen LogP contribution in [0.5, 0.6) is 0 Å². The molecule has 8 heteroatoms. The number of carbonyl (C=O) groups excluding carboxylic acids is 1. The molecule has 0 saturated heterocycles. The Labute approximate surface area is 166 Å². The molecule has 0 aliphatic carbocycles. The maximum Gasteiger partial charge on any atom is 0.233 e. The largest absolute Gasteiger partial charge is 0.353 e. The summed E-state index contributed by atoms with van der Waals surface area (Å²) in [6, 6.07) is 12.5. The minimum absolute atomic E-state index is 0.00263. The lowest BCUT2D eigenvalue weighted by molar-refractivity contribution is -0.120. The summed E-state index contributed by atoms with van der Waals surface area (Å²) in [6.07, 6.45) is 0. The summed E-state index contributed by atoms with van der Waals surface area (Å²) in [5.74, 6) is -1.16. The van der Waals surface area contributed by atoms with Gasteiger partial charge in [-0.1, -0.05) is 42.1 Å². The summed E-state index contributed by atoms with van der Waals surface area (Å²) in [5, 5.41) is 11.1. The second kappa shape index (κ2) is 8.52. The Bertz CT molecular complexity index is 976. The summed E-state index contributed by atoms with van der Waals surface area (Å²) < 4.78 is 29.5. The van der Waals surface area contributed by atoms with E-state index in [1.807, 2.05) is 44.2 Å². The van der Waals surface area contributed by atoms with Crippen molar-refractivity contribution in [3.8, 4) is 17.1 Å². The number of nitrogens with one attached hydrogen (secondary N) is 1. The van der Waals surface area contributed by atoms with Gasteiger partial charge in [0.15, 0.2) is 11.0 Å². The van der Waals surface area contributed by atoms with Gasteiger partial charge in [-0.3, -0.25) is 9.36 Å². The van der Waals surface area contributed by atoms with Crippen LogP contribution in [0.2, 0.25) is 0 Å². The smallest absolute Gasteiger partial charge is 0.233 e. The average Bonchev–Trinajstić information content (AvgIpc) is 3.05. The molecule has 0 bridgehead atoms. The number of rotatable bonds is 6. The van der Waals surface area contributed by atoms with E-state index in [1.165, 1.54) is 16.7 Å². The molecule has 1 amide bonds. The first-order chi connectivity index (χ1) is 13.4. The first kappa shape index (κ1) is 20.0. The van der Waals surface area contributed by atoms with Crippen LogP contribution >= 0.6 is 11.8 Å². The Morgan fingerprint density at radius 3 is 2.43 bits per heavy atom. The van der Waals surface area contributed by atoms with Crippen molar-refractivity contribution in [2.45, 2.75) is 37.2 Å². The number of halogens is 2. The van der Waals surface area contributed by atoms with E-state index in [9.17, 15) is 13.6 Å². The van der Waals surface area contributed by atoms with Crippen molar-refractivity contribution in [2.24, 2.45) is 0 Å². The topological polar surface area (TPSA) is 59.8 Å². The third-order valence-corrected chi connectivity index (χ3v) is 4.94. The number of thioether (sulfide) groups is 1. The van der Waals surface area contributed by atoms with E-state index >= 15 is 0 Å².